The van der Waals surface area contributed by atoms with Gasteiger partial charge in [0.15, 0.2) is 0 Å². The van der Waals surface area contributed by atoms with Crippen molar-refractivity contribution in [3.05, 3.63) is 22.6 Å². The lowest BCUT2D eigenvalue weighted by molar-refractivity contribution is 0.409. The second-order valence-electron chi connectivity index (χ2n) is 2.85. The van der Waals surface area contributed by atoms with Crippen LogP contribution in [0.1, 0.15) is 24.3 Å². The Morgan fingerprint density at radius 2 is 2.55 bits per heavy atom. The van der Waals surface area contributed by atoms with Crippen molar-refractivity contribution >= 4 is 11.6 Å². The monoisotopic (exact) mass is 171 g/mol. The number of fused-ring (bicyclic) bond motifs is 1. The van der Waals surface area contributed by atoms with Crippen LogP contribution in [0.2, 0.25) is 5.02 Å². The van der Waals surface area contributed by atoms with Gasteiger partial charge >= 0.3 is 0 Å². The van der Waals surface area contributed by atoms with Gasteiger partial charge < -0.3 is 9.73 Å². The van der Waals surface area contributed by atoms with E-state index in [2.05, 4.69) is 12.2 Å². The minimum absolute atomic E-state index is 0.311. The van der Waals surface area contributed by atoms with E-state index in [0.717, 1.165) is 23.7 Å². The van der Waals surface area contributed by atoms with Gasteiger partial charge in [-0.15, -0.1) is 0 Å². The molecule has 0 spiro atoms. The molecule has 0 radical (unpaired) electrons. The first-order valence-corrected chi connectivity index (χ1v) is 4.16. The third-order valence-electron chi connectivity index (χ3n) is 2.09. The molecule has 3 heteroatoms. The highest BCUT2D eigenvalue weighted by Gasteiger charge is 2.21. The number of furan rings is 1. The molecule has 0 fully saturated rings. The summed E-state index contributed by atoms with van der Waals surface area (Å²) in [5, 5.41) is 4.07. The van der Waals surface area contributed by atoms with Gasteiger partial charge in [-0.1, -0.05) is 11.6 Å². The van der Waals surface area contributed by atoms with Gasteiger partial charge in [-0.25, -0.2) is 0 Å². The van der Waals surface area contributed by atoms with Crippen molar-refractivity contribution in [2.24, 2.45) is 0 Å². The Balaban J connectivity index is 2.46. The van der Waals surface area contributed by atoms with Crippen LogP contribution in [0.4, 0.5) is 0 Å². The fourth-order valence-electron chi connectivity index (χ4n) is 1.49. The third kappa shape index (κ3) is 1.06. The summed E-state index contributed by atoms with van der Waals surface area (Å²) in [7, 11) is 0. The van der Waals surface area contributed by atoms with Gasteiger partial charge in [-0.3, -0.25) is 0 Å². The first-order chi connectivity index (χ1) is 5.29. The van der Waals surface area contributed by atoms with Gasteiger partial charge in [0.25, 0.3) is 0 Å². The normalized spacial score (nSPS) is 23.3. The lowest BCUT2D eigenvalue weighted by Gasteiger charge is -2.18. The van der Waals surface area contributed by atoms with E-state index in [9.17, 15) is 0 Å². The lowest BCUT2D eigenvalue weighted by atomic mass is 10.0. The smallest absolute Gasteiger partial charge is 0.125 e. The van der Waals surface area contributed by atoms with Crippen LogP contribution in [0.25, 0.3) is 0 Å². The standard InChI is InChI=1S/C8H10ClNO/c1-5-8-6(2-3-10-5)7(9)4-11-8/h4-5,10H,2-3H2,1H3. The summed E-state index contributed by atoms with van der Waals surface area (Å²) >= 11 is 5.90. The van der Waals surface area contributed by atoms with Gasteiger partial charge in [0.2, 0.25) is 0 Å². The molecule has 1 aromatic rings. The Morgan fingerprint density at radius 1 is 1.73 bits per heavy atom. The molecule has 0 saturated heterocycles. The van der Waals surface area contributed by atoms with Gasteiger partial charge in [-0.2, -0.15) is 0 Å². The Bertz CT molecular complexity index is 269. The Kier molecular flexibility index (Phi) is 1.66. The Hall–Kier alpha value is -0.470. The molecule has 2 heterocycles. The van der Waals surface area contributed by atoms with Gasteiger partial charge in [0.1, 0.15) is 12.0 Å². The summed E-state index contributed by atoms with van der Waals surface area (Å²) in [5.74, 6) is 1.00. The average molecular weight is 172 g/mol. The number of rotatable bonds is 0. The van der Waals surface area contributed by atoms with Crippen molar-refractivity contribution in [3.63, 3.8) is 0 Å². The van der Waals surface area contributed by atoms with Crippen molar-refractivity contribution in [1.82, 2.24) is 5.32 Å². The second kappa shape index (κ2) is 2.54. The summed E-state index contributed by atoms with van der Waals surface area (Å²) in [6.45, 7) is 3.07. The third-order valence-corrected chi connectivity index (χ3v) is 2.41. The fraction of sp³-hybridized carbons (Fsp3) is 0.500. The lowest BCUT2D eigenvalue weighted by Crippen LogP contribution is -2.26. The molecule has 1 aliphatic heterocycles. The van der Waals surface area contributed by atoms with Crippen LogP contribution < -0.4 is 5.32 Å². The largest absolute Gasteiger partial charge is 0.466 e. The highest BCUT2D eigenvalue weighted by atomic mass is 35.5. The van der Waals surface area contributed by atoms with Crippen LogP contribution in [-0.4, -0.2) is 6.54 Å². The molecular formula is C8H10ClNO. The van der Waals surface area contributed by atoms with Crippen LogP contribution in [-0.2, 0) is 6.42 Å². The molecule has 0 aromatic carbocycles. The number of nitrogens with one attached hydrogen (secondary N) is 1. The van der Waals surface area contributed by atoms with E-state index in [4.69, 9.17) is 16.0 Å². The Labute approximate surface area is 70.5 Å². The van der Waals surface area contributed by atoms with Gasteiger partial charge in [0, 0.05) is 12.1 Å². The highest BCUT2D eigenvalue weighted by Crippen LogP contribution is 2.29. The number of halogens is 1. The summed E-state index contributed by atoms with van der Waals surface area (Å²) in [6.07, 6.45) is 2.60. The topological polar surface area (TPSA) is 25.2 Å². The van der Waals surface area contributed by atoms with Crippen LogP contribution >= 0.6 is 11.6 Å². The zero-order valence-electron chi connectivity index (χ0n) is 6.36. The predicted molar refractivity (Wildman–Crippen MR) is 43.8 cm³/mol. The molecule has 1 N–H and O–H groups in total. The van der Waals surface area contributed by atoms with Gasteiger partial charge in [0.05, 0.1) is 11.1 Å². The number of hydrogen-bond acceptors (Lipinski definition) is 2. The van der Waals surface area contributed by atoms with E-state index in [1.54, 1.807) is 6.26 Å². The molecule has 11 heavy (non-hydrogen) atoms. The molecule has 2 nitrogen and oxygen atoms in total. The maximum Gasteiger partial charge on any atom is 0.125 e. The minimum Gasteiger partial charge on any atom is -0.466 e. The van der Waals surface area contributed by atoms with Crippen molar-refractivity contribution in [2.75, 3.05) is 6.54 Å². The van der Waals surface area contributed by atoms with Crippen LogP contribution in [0, 0.1) is 0 Å². The predicted octanol–water partition coefficient (Wildman–Crippen LogP) is 2.14. The van der Waals surface area contributed by atoms with Crippen molar-refractivity contribution in [2.45, 2.75) is 19.4 Å². The van der Waals surface area contributed by atoms with E-state index in [-0.39, 0.29) is 0 Å². The van der Waals surface area contributed by atoms with E-state index >= 15 is 0 Å². The molecule has 0 amide bonds. The van der Waals surface area contributed by atoms with Crippen molar-refractivity contribution < 1.29 is 4.42 Å². The highest BCUT2D eigenvalue weighted by molar-refractivity contribution is 6.31. The van der Waals surface area contributed by atoms with E-state index in [1.165, 1.54) is 5.56 Å². The van der Waals surface area contributed by atoms with Crippen LogP contribution in [0.15, 0.2) is 10.7 Å². The Morgan fingerprint density at radius 3 is 3.27 bits per heavy atom. The van der Waals surface area contributed by atoms with E-state index < -0.39 is 0 Å². The zero-order valence-corrected chi connectivity index (χ0v) is 7.11. The van der Waals surface area contributed by atoms with E-state index in [0.29, 0.717) is 6.04 Å². The molecule has 0 saturated carbocycles. The zero-order chi connectivity index (χ0) is 7.84. The summed E-state index contributed by atoms with van der Waals surface area (Å²) in [6, 6.07) is 0.311. The molecule has 0 bridgehead atoms. The fourth-order valence-corrected chi connectivity index (χ4v) is 1.72. The maximum atomic E-state index is 5.90. The first kappa shape index (κ1) is 7.19. The van der Waals surface area contributed by atoms with Crippen molar-refractivity contribution in [3.8, 4) is 0 Å². The number of hydrogen-bond donors (Lipinski definition) is 1. The molecule has 1 aliphatic rings. The van der Waals surface area contributed by atoms with Crippen molar-refractivity contribution in [1.29, 1.82) is 0 Å². The van der Waals surface area contributed by atoms with E-state index in [1.807, 2.05) is 0 Å². The molecule has 0 aliphatic carbocycles. The summed E-state index contributed by atoms with van der Waals surface area (Å²) in [4.78, 5) is 0. The molecule has 60 valence electrons. The summed E-state index contributed by atoms with van der Waals surface area (Å²) < 4.78 is 5.30. The first-order valence-electron chi connectivity index (χ1n) is 3.78. The minimum atomic E-state index is 0.311. The average Bonchev–Trinajstić information content (AvgIpc) is 2.35. The van der Waals surface area contributed by atoms with Crippen LogP contribution in [0.3, 0.4) is 0 Å². The molecule has 1 atom stereocenters. The molecule has 2 rings (SSSR count). The molecular weight excluding hydrogens is 162 g/mol. The molecule has 1 aromatic heterocycles. The quantitative estimate of drug-likeness (QED) is 0.647. The maximum absolute atomic E-state index is 5.90. The molecule has 1 unspecified atom stereocenters. The second-order valence-corrected chi connectivity index (χ2v) is 3.26. The van der Waals surface area contributed by atoms with Gasteiger partial charge in [-0.05, 0) is 13.3 Å². The van der Waals surface area contributed by atoms with Crippen LogP contribution in [0.5, 0.6) is 0 Å². The summed E-state index contributed by atoms with van der Waals surface area (Å²) in [5.41, 5.74) is 1.18. The SMILES string of the molecule is CC1NCCc2c(Cl)coc21.